The molecular weight excluding hydrogens is 500 g/mol. The summed E-state index contributed by atoms with van der Waals surface area (Å²) < 4.78 is 60.9. The van der Waals surface area contributed by atoms with Crippen molar-refractivity contribution >= 4 is 48.1 Å². The predicted molar refractivity (Wildman–Crippen MR) is 128 cm³/mol. The van der Waals surface area contributed by atoms with Gasteiger partial charge in [-0.2, -0.15) is 0 Å². The minimum atomic E-state index is -4.06. The fourth-order valence-corrected chi connectivity index (χ4v) is 6.35. The van der Waals surface area contributed by atoms with Crippen molar-refractivity contribution in [2.45, 2.75) is 22.6 Å². The van der Waals surface area contributed by atoms with Crippen LogP contribution in [-0.4, -0.2) is 52.8 Å². The molecule has 2 aromatic carbocycles. The van der Waals surface area contributed by atoms with Gasteiger partial charge in [0.25, 0.3) is 26.0 Å². The van der Waals surface area contributed by atoms with E-state index in [0.29, 0.717) is 13.1 Å². The largest absolute Gasteiger partial charge is 0.496 e. The molecule has 10 nitrogen and oxygen atoms in total. The fraction of sp³-hybridized carbons (Fsp3) is 0.238. The van der Waals surface area contributed by atoms with E-state index in [9.17, 15) is 21.6 Å². The van der Waals surface area contributed by atoms with Crippen LogP contribution in [0.25, 0.3) is 0 Å². The second-order valence-corrected chi connectivity index (χ2v) is 11.7. The summed E-state index contributed by atoms with van der Waals surface area (Å²) in [6, 6.07) is 9.32. The van der Waals surface area contributed by atoms with Gasteiger partial charge in [0.1, 0.15) is 5.75 Å². The first kappa shape index (κ1) is 24.0. The van der Waals surface area contributed by atoms with Crippen LogP contribution in [0.3, 0.4) is 0 Å². The van der Waals surface area contributed by atoms with Crippen LogP contribution in [-0.2, 0) is 20.0 Å². The van der Waals surface area contributed by atoms with Crippen molar-refractivity contribution < 1.29 is 26.4 Å². The number of hydrogen-bond acceptors (Lipinski definition) is 8. The minimum Gasteiger partial charge on any atom is -0.496 e. The number of anilines is 2. The average Bonchev–Trinajstić information content (AvgIpc) is 3.52. The molecule has 0 aliphatic carbocycles. The van der Waals surface area contributed by atoms with Crippen LogP contribution in [0.1, 0.15) is 23.2 Å². The lowest BCUT2D eigenvalue weighted by atomic mass is 10.1. The summed E-state index contributed by atoms with van der Waals surface area (Å²) in [4.78, 5) is 18.3. The van der Waals surface area contributed by atoms with Gasteiger partial charge in [0.2, 0.25) is 0 Å². The number of nitrogens with zero attached hydrogens (tertiary/aromatic N) is 2. The SMILES string of the molecule is COc1ccc(S(=O)(=O)Nc2ccc(S(=O)(=O)Nc3nccs3)cc2)cc1C(=O)N1CCCC1. The summed E-state index contributed by atoms with van der Waals surface area (Å²) in [5.74, 6) is 0.00632. The number of aromatic nitrogens is 1. The topological polar surface area (TPSA) is 135 Å². The van der Waals surface area contributed by atoms with E-state index in [4.69, 9.17) is 4.74 Å². The maximum Gasteiger partial charge on any atom is 0.263 e. The normalized spacial score (nSPS) is 14.1. The molecule has 1 amide bonds. The number of sulfonamides is 2. The number of amides is 1. The zero-order valence-electron chi connectivity index (χ0n) is 18.1. The molecule has 1 aromatic heterocycles. The Labute approximate surface area is 201 Å². The molecule has 1 fully saturated rings. The van der Waals surface area contributed by atoms with Gasteiger partial charge in [-0.15, -0.1) is 11.3 Å². The molecular formula is C21H22N4O6S3. The summed E-state index contributed by atoms with van der Waals surface area (Å²) in [7, 11) is -6.50. The molecule has 34 heavy (non-hydrogen) atoms. The lowest BCUT2D eigenvalue weighted by Gasteiger charge is -2.18. The number of ether oxygens (including phenoxy) is 1. The first-order chi connectivity index (χ1) is 16.2. The molecule has 2 N–H and O–H groups in total. The summed E-state index contributed by atoms with van der Waals surface area (Å²) in [5, 5.41) is 1.86. The van der Waals surface area contributed by atoms with Crippen molar-refractivity contribution in [1.29, 1.82) is 0 Å². The minimum absolute atomic E-state index is 0.0476. The third kappa shape index (κ3) is 5.16. The monoisotopic (exact) mass is 522 g/mol. The molecule has 0 spiro atoms. The summed E-state index contributed by atoms with van der Waals surface area (Å²) in [6.45, 7) is 1.23. The van der Waals surface area contributed by atoms with Crippen molar-refractivity contribution in [2.24, 2.45) is 0 Å². The van der Waals surface area contributed by atoms with Crippen molar-refractivity contribution in [3.05, 3.63) is 59.6 Å². The van der Waals surface area contributed by atoms with Crippen LogP contribution in [0.2, 0.25) is 0 Å². The Bertz CT molecular complexity index is 1380. The van der Waals surface area contributed by atoms with Crippen LogP contribution in [0.15, 0.2) is 63.8 Å². The van der Waals surface area contributed by atoms with E-state index in [2.05, 4.69) is 14.4 Å². The van der Waals surface area contributed by atoms with Crippen LogP contribution >= 0.6 is 11.3 Å². The third-order valence-electron chi connectivity index (χ3n) is 5.18. The molecule has 0 radical (unpaired) electrons. The number of rotatable bonds is 8. The number of methoxy groups -OCH3 is 1. The van der Waals surface area contributed by atoms with Crippen LogP contribution in [0.4, 0.5) is 10.8 Å². The fourth-order valence-electron chi connectivity index (χ4n) is 3.48. The van der Waals surface area contributed by atoms with Crippen molar-refractivity contribution in [3.8, 4) is 5.75 Å². The second kappa shape index (κ2) is 9.60. The van der Waals surface area contributed by atoms with E-state index in [-0.39, 0.29) is 37.8 Å². The van der Waals surface area contributed by atoms with Gasteiger partial charge in [-0.3, -0.25) is 14.2 Å². The van der Waals surface area contributed by atoms with Crippen LogP contribution in [0, 0.1) is 0 Å². The lowest BCUT2D eigenvalue weighted by molar-refractivity contribution is 0.0789. The average molecular weight is 523 g/mol. The summed E-state index contributed by atoms with van der Waals surface area (Å²) in [5.41, 5.74) is 0.332. The van der Waals surface area contributed by atoms with Gasteiger partial charge in [-0.1, -0.05) is 0 Å². The molecule has 2 heterocycles. The van der Waals surface area contributed by atoms with Gasteiger partial charge < -0.3 is 9.64 Å². The standard InChI is InChI=1S/C21H22N4O6S3/c1-31-19-9-8-17(14-18(19)20(26)25-11-2-3-12-25)34(29,30)23-15-4-6-16(7-5-15)33(27,28)24-21-22-10-13-32-21/h4-10,13-14,23H,2-3,11-12H2,1H3,(H,22,24). The molecule has 0 saturated carbocycles. The molecule has 0 bridgehead atoms. The molecule has 0 atom stereocenters. The number of nitrogens with one attached hydrogen (secondary N) is 2. The van der Waals surface area contributed by atoms with Crippen LogP contribution in [0.5, 0.6) is 5.75 Å². The molecule has 4 rings (SSSR count). The third-order valence-corrected chi connectivity index (χ3v) is 8.73. The van der Waals surface area contributed by atoms with E-state index in [1.54, 1.807) is 10.3 Å². The van der Waals surface area contributed by atoms with E-state index in [0.717, 1.165) is 24.2 Å². The maximum absolute atomic E-state index is 13.0. The molecule has 1 aliphatic rings. The predicted octanol–water partition coefficient (Wildman–Crippen LogP) is 2.99. The van der Waals surface area contributed by atoms with E-state index in [1.165, 1.54) is 55.8 Å². The Balaban J connectivity index is 1.55. The molecule has 1 saturated heterocycles. The molecule has 1 aliphatic heterocycles. The van der Waals surface area contributed by atoms with Gasteiger partial charge in [0, 0.05) is 30.4 Å². The Kier molecular flexibility index (Phi) is 6.77. The van der Waals surface area contributed by atoms with Gasteiger partial charge in [0.15, 0.2) is 5.13 Å². The summed E-state index contributed by atoms with van der Waals surface area (Å²) in [6.07, 6.45) is 3.28. The van der Waals surface area contributed by atoms with Crippen molar-refractivity contribution in [2.75, 3.05) is 29.6 Å². The highest BCUT2D eigenvalue weighted by Crippen LogP contribution is 2.27. The Morgan fingerprint density at radius 3 is 2.24 bits per heavy atom. The van der Waals surface area contributed by atoms with Crippen molar-refractivity contribution in [3.63, 3.8) is 0 Å². The van der Waals surface area contributed by atoms with Gasteiger partial charge in [-0.05, 0) is 55.3 Å². The molecule has 13 heteroatoms. The first-order valence-corrected chi connectivity index (χ1v) is 14.1. The maximum atomic E-state index is 13.0. The second-order valence-electron chi connectivity index (χ2n) is 7.43. The van der Waals surface area contributed by atoms with E-state index in [1.807, 2.05) is 0 Å². The quantitative estimate of drug-likeness (QED) is 0.464. The first-order valence-electron chi connectivity index (χ1n) is 10.2. The molecule has 180 valence electrons. The van der Waals surface area contributed by atoms with Gasteiger partial charge in [0.05, 0.1) is 22.5 Å². The smallest absolute Gasteiger partial charge is 0.263 e. The zero-order valence-corrected chi connectivity index (χ0v) is 20.5. The van der Waals surface area contributed by atoms with Gasteiger partial charge >= 0.3 is 0 Å². The highest BCUT2D eigenvalue weighted by atomic mass is 32.2. The van der Waals surface area contributed by atoms with E-state index < -0.39 is 20.0 Å². The highest BCUT2D eigenvalue weighted by Gasteiger charge is 2.25. The van der Waals surface area contributed by atoms with Gasteiger partial charge in [-0.25, -0.2) is 21.8 Å². The number of thiazole rings is 1. The molecule has 0 unspecified atom stereocenters. The van der Waals surface area contributed by atoms with Crippen LogP contribution < -0.4 is 14.2 Å². The highest BCUT2D eigenvalue weighted by molar-refractivity contribution is 7.93. The Morgan fingerprint density at radius 1 is 0.971 bits per heavy atom. The Hall–Kier alpha value is -3.16. The Morgan fingerprint density at radius 2 is 1.62 bits per heavy atom. The number of benzene rings is 2. The summed E-state index contributed by atoms with van der Waals surface area (Å²) >= 11 is 1.14. The number of carbonyl (C=O) groups excluding carboxylic acids is 1. The lowest BCUT2D eigenvalue weighted by Crippen LogP contribution is -2.28. The number of carbonyl (C=O) groups is 1. The van der Waals surface area contributed by atoms with E-state index >= 15 is 0 Å². The zero-order chi connectivity index (χ0) is 24.3. The molecule has 3 aromatic rings. The number of hydrogen-bond donors (Lipinski definition) is 2. The van der Waals surface area contributed by atoms with Crippen molar-refractivity contribution in [1.82, 2.24) is 9.88 Å². The number of likely N-dealkylation sites (tertiary alicyclic amines) is 1.